The van der Waals surface area contributed by atoms with Crippen LogP contribution in [0.2, 0.25) is 0 Å². The molecule has 0 aromatic heterocycles. The number of hydrogen-bond acceptors (Lipinski definition) is 4. The molecule has 1 saturated heterocycles. The average Bonchev–Trinajstić information content (AvgIpc) is 2.72. The lowest BCUT2D eigenvalue weighted by molar-refractivity contribution is -0.126. The van der Waals surface area contributed by atoms with Gasteiger partial charge in [-0.1, -0.05) is 13.3 Å². The molecule has 0 spiro atoms. The first kappa shape index (κ1) is 13.4. The van der Waals surface area contributed by atoms with Gasteiger partial charge in [0.05, 0.1) is 6.61 Å². The molecule has 1 rings (SSSR count). The molecule has 1 fully saturated rings. The Morgan fingerprint density at radius 1 is 1.69 bits per heavy atom. The van der Waals surface area contributed by atoms with Crippen molar-refractivity contribution >= 4 is 5.91 Å². The number of aliphatic hydroxyl groups excluding tert-OH is 1. The average molecular weight is 230 g/mol. The Labute approximate surface area is 96.3 Å². The van der Waals surface area contributed by atoms with Crippen LogP contribution in [0.4, 0.5) is 0 Å². The van der Waals surface area contributed by atoms with E-state index in [1.807, 2.05) is 6.92 Å². The minimum Gasteiger partial charge on any atom is -0.396 e. The van der Waals surface area contributed by atoms with Crippen LogP contribution >= 0.6 is 0 Å². The predicted octanol–water partition coefficient (Wildman–Crippen LogP) is -0.371. The summed E-state index contributed by atoms with van der Waals surface area (Å²) in [6.45, 7) is 3.64. The molecule has 0 bridgehead atoms. The van der Waals surface area contributed by atoms with Gasteiger partial charge in [0.1, 0.15) is 5.54 Å². The van der Waals surface area contributed by atoms with Crippen LogP contribution in [-0.2, 0) is 9.53 Å². The van der Waals surface area contributed by atoms with E-state index >= 15 is 0 Å². The number of nitrogens with two attached hydrogens (primary N) is 1. The molecule has 0 radical (unpaired) electrons. The molecule has 0 aliphatic carbocycles. The number of carbonyl (C=O) groups excluding carboxylic acids is 1. The number of rotatable bonds is 6. The quantitative estimate of drug-likeness (QED) is 0.581. The summed E-state index contributed by atoms with van der Waals surface area (Å²) in [6, 6.07) is 0. The van der Waals surface area contributed by atoms with Crippen molar-refractivity contribution in [2.45, 2.75) is 31.7 Å². The molecule has 1 heterocycles. The third-order valence-corrected chi connectivity index (χ3v) is 3.17. The largest absolute Gasteiger partial charge is 0.396 e. The minimum atomic E-state index is -0.850. The lowest BCUT2D eigenvalue weighted by Gasteiger charge is -2.22. The molecule has 5 nitrogen and oxygen atoms in total. The second-order valence-corrected chi connectivity index (χ2v) is 4.46. The van der Waals surface area contributed by atoms with Crippen LogP contribution in [0.25, 0.3) is 0 Å². The van der Waals surface area contributed by atoms with Crippen molar-refractivity contribution in [3.8, 4) is 0 Å². The summed E-state index contributed by atoms with van der Waals surface area (Å²) < 4.78 is 5.14. The van der Waals surface area contributed by atoms with Crippen LogP contribution in [0.5, 0.6) is 0 Å². The summed E-state index contributed by atoms with van der Waals surface area (Å²) in [5.74, 6) is 0.182. The molecular formula is C11H22N2O3. The van der Waals surface area contributed by atoms with Gasteiger partial charge in [-0.3, -0.25) is 4.79 Å². The Hall–Kier alpha value is -0.650. The predicted molar refractivity (Wildman–Crippen MR) is 60.8 cm³/mol. The Morgan fingerprint density at radius 2 is 2.44 bits per heavy atom. The SMILES string of the molecule is CCC(CCO)CNC(=O)C1(N)CCOC1. The highest BCUT2D eigenvalue weighted by atomic mass is 16.5. The maximum absolute atomic E-state index is 11.8. The second-order valence-electron chi connectivity index (χ2n) is 4.46. The molecule has 16 heavy (non-hydrogen) atoms. The van der Waals surface area contributed by atoms with Gasteiger partial charge in [-0.15, -0.1) is 0 Å². The lowest BCUT2D eigenvalue weighted by Crippen LogP contribution is -2.55. The molecule has 0 saturated carbocycles. The van der Waals surface area contributed by atoms with Gasteiger partial charge in [-0.25, -0.2) is 0 Å². The molecule has 5 heteroatoms. The molecule has 0 aromatic carbocycles. The van der Waals surface area contributed by atoms with Crippen LogP contribution in [-0.4, -0.2) is 42.9 Å². The minimum absolute atomic E-state index is 0.138. The summed E-state index contributed by atoms with van der Waals surface area (Å²) in [6.07, 6.45) is 2.23. The third kappa shape index (κ3) is 3.43. The van der Waals surface area contributed by atoms with Gasteiger partial charge in [0.25, 0.3) is 0 Å². The number of amides is 1. The van der Waals surface area contributed by atoms with Gasteiger partial charge >= 0.3 is 0 Å². The van der Waals surface area contributed by atoms with E-state index in [2.05, 4.69) is 5.32 Å². The summed E-state index contributed by atoms with van der Waals surface area (Å²) in [4.78, 5) is 11.8. The highest BCUT2D eigenvalue weighted by molar-refractivity contribution is 5.86. The van der Waals surface area contributed by atoms with Crippen LogP contribution < -0.4 is 11.1 Å². The standard InChI is InChI=1S/C11H22N2O3/c1-2-9(3-5-14)7-13-10(15)11(12)4-6-16-8-11/h9,14H,2-8,12H2,1H3,(H,13,15). The molecule has 1 aliphatic heterocycles. The van der Waals surface area contributed by atoms with E-state index in [9.17, 15) is 4.79 Å². The highest BCUT2D eigenvalue weighted by Crippen LogP contribution is 2.15. The van der Waals surface area contributed by atoms with Gasteiger partial charge in [-0.2, -0.15) is 0 Å². The zero-order valence-electron chi connectivity index (χ0n) is 9.87. The fourth-order valence-corrected chi connectivity index (χ4v) is 1.81. The molecule has 1 aliphatic rings. The van der Waals surface area contributed by atoms with E-state index in [0.717, 1.165) is 6.42 Å². The lowest BCUT2D eigenvalue weighted by atomic mass is 9.98. The maximum atomic E-state index is 11.8. The van der Waals surface area contributed by atoms with Gasteiger partial charge in [0.2, 0.25) is 5.91 Å². The smallest absolute Gasteiger partial charge is 0.242 e. The number of ether oxygens (including phenoxy) is 1. The van der Waals surface area contributed by atoms with Crippen molar-refractivity contribution in [3.05, 3.63) is 0 Å². The molecule has 0 aromatic rings. The summed E-state index contributed by atoms with van der Waals surface area (Å²) in [7, 11) is 0. The number of hydrogen-bond donors (Lipinski definition) is 3. The first-order valence-corrected chi connectivity index (χ1v) is 5.88. The second kappa shape index (κ2) is 6.18. The van der Waals surface area contributed by atoms with E-state index in [1.165, 1.54) is 0 Å². The maximum Gasteiger partial charge on any atom is 0.242 e. The zero-order valence-corrected chi connectivity index (χ0v) is 9.87. The third-order valence-electron chi connectivity index (χ3n) is 3.17. The summed E-state index contributed by atoms with van der Waals surface area (Å²) >= 11 is 0. The van der Waals surface area contributed by atoms with E-state index in [1.54, 1.807) is 0 Å². The van der Waals surface area contributed by atoms with E-state index in [0.29, 0.717) is 38.5 Å². The van der Waals surface area contributed by atoms with E-state index in [4.69, 9.17) is 15.6 Å². The Kier molecular flexibility index (Phi) is 5.18. The molecule has 2 unspecified atom stereocenters. The van der Waals surface area contributed by atoms with Crippen LogP contribution in [0.3, 0.4) is 0 Å². The Morgan fingerprint density at radius 3 is 2.94 bits per heavy atom. The van der Waals surface area contributed by atoms with Crippen molar-refractivity contribution in [2.24, 2.45) is 11.7 Å². The van der Waals surface area contributed by atoms with E-state index < -0.39 is 5.54 Å². The van der Waals surface area contributed by atoms with Crippen molar-refractivity contribution < 1.29 is 14.6 Å². The summed E-state index contributed by atoms with van der Waals surface area (Å²) in [5, 5.41) is 11.7. The van der Waals surface area contributed by atoms with Crippen molar-refractivity contribution in [2.75, 3.05) is 26.4 Å². The zero-order chi connectivity index (χ0) is 12.0. The molecule has 94 valence electrons. The monoisotopic (exact) mass is 230 g/mol. The van der Waals surface area contributed by atoms with Crippen molar-refractivity contribution in [1.29, 1.82) is 0 Å². The van der Waals surface area contributed by atoms with Gasteiger partial charge in [0.15, 0.2) is 0 Å². The van der Waals surface area contributed by atoms with Gasteiger partial charge in [-0.05, 0) is 18.8 Å². The molecule has 4 N–H and O–H groups in total. The van der Waals surface area contributed by atoms with Gasteiger partial charge in [0, 0.05) is 19.8 Å². The van der Waals surface area contributed by atoms with Crippen LogP contribution in [0.1, 0.15) is 26.2 Å². The van der Waals surface area contributed by atoms with Gasteiger partial charge < -0.3 is 20.9 Å². The summed E-state index contributed by atoms with van der Waals surface area (Å²) in [5.41, 5.74) is 5.07. The number of carbonyl (C=O) groups is 1. The van der Waals surface area contributed by atoms with E-state index in [-0.39, 0.29) is 12.5 Å². The Balaban J connectivity index is 2.33. The fraction of sp³-hybridized carbons (Fsp3) is 0.909. The topological polar surface area (TPSA) is 84.6 Å². The first-order valence-electron chi connectivity index (χ1n) is 5.88. The van der Waals surface area contributed by atoms with Crippen molar-refractivity contribution in [1.82, 2.24) is 5.32 Å². The Bertz CT molecular complexity index is 227. The van der Waals surface area contributed by atoms with Crippen LogP contribution in [0.15, 0.2) is 0 Å². The fourth-order valence-electron chi connectivity index (χ4n) is 1.81. The first-order chi connectivity index (χ1) is 7.62. The van der Waals surface area contributed by atoms with Crippen LogP contribution in [0, 0.1) is 5.92 Å². The number of nitrogens with one attached hydrogen (secondary N) is 1. The molecule has 1 amide bonds. The highest BCUT2D eigenvalue weighted by Gasteiger charge is 2.38. The normalized spacial score (nSPS) is 26.7. The number of aliphatic hydroxyl groups is 1. The van der Waals surface area contributed by atoms with Crippen molar-refractivity contribution in [3.63, 3.8) is 0 Å². The molecular weight excluding hydrogens is 208 g/mol. The molecule has 2 atom stereocenters.